The van der Waals surface area contributed by atoms with E-state index in [4.69, 9.17) is 4.74 Å². The molecule has 1 heterocycles. The average molecular weight is 311 g/mol. The minimum atomic E-state index is -0.779. The molecule has 3 rings (SSSR count). The van der Waals surface area contributed by atoms with E-state index >= 15 is 0 Å². The van der Waals surface area contributed by atoms with Crippen LogP contribution in [0.4, 0.5) is 0 Å². The smallest absolute Gasteiger partial charge is 0.254 e. The van der Waals surface area contributed by atoms with E-state index in [1.54, 1.807) is 6.07 Å². The van der Waals surface area contributed by atoms with Gasteiger partial charge in [-0.2, -0.15) is 0 Å². The quantitative estimate of drug-likeness (QED) is 0.840. The number of aliphatic hydroxyl groups is 1. The van der Waals surface area contributed by atoms with Gasteiger partial charge in [0.1, 0.15) is 18.6 Å². The number of carbonyl (C=O) groups is 2. The Bertz CT molecular complexity index is 757. The number of fused-ring (bicyclic) bond motifs is 1. The Morgan fingerprint density at radius 3 is 2.70 bits per heavy atom. The van der Waals surface area contributed by atoms with Gasteiger partial charge in [-0.25, -0.2) is 0 Å². The third-order valence-corrected chi connectivity index (χ3v) is 4.29. The molecule has 2 N–H and O–H groups in total. The van der Waals surface area contributed by atoms with Crippen molar-refractivity contribution in [3.05, 3.63) is 64.7 Å². The van der Waals surface area contributed by atoms with Crippen molar-refractivity contribution in [2.24, 2.45) is 0 Å². The van der Waals surface area contributed by atoms with E-state index in [1.807, 2.05) is 30.3 Å². The molecule has 2 aromatic rings. The molecule has 2 aromatic carbocycles. The van der Waals surface area contributed by atoms with Crippen molar-refractivity contribution in [3.8, 4) is 5.75 Å². The molecular weight excluding hydrogens is 294 g/mol. The van der Waals surface area contributed by atoms with Crippen LogP contribution in [0.5, 0.6) is 5.75 Å². The van der Waals surface area contributed by atoms with E-state index in [2.05, 4.69) is 5.32 Å². The van der Waals surface area contributed by atoms with Gasteiger partial charge in [0.05, 0.1) is 17.6 Å². The average Bonchev–Trinajstić information content (AvgIpc) is 3.00. The van der Waals surface area contributed by atoms with Crippen LogP contribution in [0, 0.1) is 0 Å². The van der Waals surface area contributed by atoms with Crippen molar-refractivity contribution in [1.29, 1.82) is 0 Å². The summed E-state index contributed by atoms with van der Waals surface area (Å²) in [6.07, 6.45) is 0.693. The molecule has 1 unspecified atom stereocenters. The number of aliphatic hydroxyl groups excluding tert-OH is 1. The van der Waals surface area contributed by atoms with Gasteiger partial charge in [-0.15, -0.1) is 0 Å². The van der Waals surface area contributed by atoms with Crippen LogP contribution in [0.1, 0.15) is 31.8 Å². The van der Waals surface area contributed by atoms with Gasteiger partial charge in [0.2, 0.25) is 0 Å². The van der Waals surface area contributed by atoms with Crippen LogP contribution in [0.15, 0.2) is 42.5 Å². The van der Waals surface area contributed by atoms with Gasteiger partial charge in [-0.3, -0.25) is 9.59 Å². The normalized spacial score (nSPS) is 18.9. The van der Waals surface area contributed by atoms with E-state index in [9.17, 15) is 14.7 Å². The molecule has 118 valence electrons. The van der Waals surface area contributed by atoms with Crippen molar-refractivity contribution >= 4 is 12.2 Å². The number of hydrogen-bond acceptors (Lipinski definition) is 4. The predicted octanol–water partition coefficient (Wildman–Crippen LogP) is 1.53. The summed E-state index contributed by atoms with van der Waals surface area (Å²) in [5.41, 5.74) is 1.44. The minimum absolute atomic E-state index is 0.181. The van der Waals surface area contributed by atoms with Crippen molar-refractivity contribution in [3.63, 3.8) is 0 Å². The highest BCUT2D eigenvalue weighted by atomic mass is 16.5. The zero-order chi connectivity index (χ0) is 16.4. The number of rotatable bonds is 4. The maximum atomic E-state index is 12.1. The highest BCUT2D eigenvalue weighted by Gasteiger charge is 2.43. The molecule has 0 saturated heterocycles. The van der Waals surface area contributed by atoms with Crippen LogP contribution >= 0.6 is 0 Å². The van der Waals surface area contributed by atoms with Crippen LogP contribution in [0.2, 0.25) is 0 Å². The minimum Gasteiger partial charge on any atom is -0.491 e. The van der Waals surface area contributed by atoms with Crippen LogP contribution in [0.25, 0.3) is 0 Å². The second-order valence-corrected chi connectivity index (χ2v) is 5.54. The number of aldehydes is 1. The molecule has 5 nitrogen and oxygen atoms in total. The van der Waals surface area contributed by atoms with Crippen molar-refractivity contribution in [2.75, 3.05) is 20.3 Å². The molecule has 1 aliphatic heterocycles. The summed E-state index contributed by atoms with van der Waals surface area (Å²) in [6, 6.07) is 12.7. The number of hydrogen-bond donors (Lipinski definition) is 2. The van der Waals surface area contributed by atoms with E-state index in [-0.39, 0.29) is 19.1 Å². The predicted molar refractivity (Wildman–Crippen MR) is 85.0 cm³/mol. The number of ether oxygens (including phenoxy) is 1. The molecule has 0 saturated carbocycles. The van der Waals surface area contributed by atoms with Crippen LogP contribution in [0.3, 0.4) is 0 Å². The Kier molecular flexibility index (Phi) is 3.88. The third-order valence-electron chi connectivity index (χ3n) is 4.29. The lowest BCUT2D eigenvalue weighted by molar-refractivity contribution is 0.0959. The first-order valence-electron chi connectivity index (χ1n) is 7.31. The SMILES string of the molecule is CNC(=O)c1cc(C=O)cc2c1OCC2(CO)c1ccccc1. The lowest BCUT2D eigenvalue weighted by atomic mass is 9.76. The van der Waals surface area contributed by atoms with Gasteiger partial charge >= 0.3 is 0 Å². The van der Waals surface area contributed by atoms with Gasteiger partial charge < -0.3 is 15.2 Å². The van der Waals surface area contributed by atoms with Crippen molar-refractivity contribution < 1.29 is 19.4 Å². The zero-order valence-electron chi connectivity index (χ0n) is 12.7. The monoisotopic (exact) mass is 311 g/mol. The highest BCUT2D eigenvalue weighted by Crippen LogP contribution is 2.45. The standard InChI is InChI=1S/C18H17NO4/c1-19-17(22)14-7-12(9-20)8-15-16(14)23-11-18(15,10-21)13-5-3-2-4-6-13/h2-9,21H,10-11H2,1H3,(H,19,22). The summed E-state index contributed by atoms with van der Waals surface area (Å²) in [7, 11) is 1.52. The number of nitrogens with one attached hydrogen (secondary N) is 1. The maximum Gasteiger partial charge on any atom is 0.254 e. The highest BCUT2D eigenvalue weighted by molar-refractivity contribution is 5.99. The molecular formula is C18H17NO4. The summed E-state index contributed by atoms with van der Waals surface area (Å²) >= 11 is 0. The molecule has 0 aromatic heterocycles. The van der Waals surface area contributed by atoms with E-state index in [0.29, 0.717) is 28.7 Å². The first-order chi connectivity index (χ1) is 11.2. The second kappa shape index (κ2) is 5.85. The third kappa shape index (κ3) is 2.29. The number of benzene rings is 2. The molecule has 0 bridgehead atoms. The Morgan fingerprint density at radius 1 is 1.35 bits per heavy atom. The molecule has 5 heteroatoms. The van der Waals surface area contributed by atoms with Crippen LogP contribution in [-0.4, -0.2) is 37.6 Å². The molecule has 0 fully saturated rings. The van der Waals surface area contributed by atoms with Gasteiger partial charge in [0.25, 0.3) is 5.91 Å². The lowest BCUT2D eigenvalue weighted by Crippen LogP contribution is -2.33. The fraction of sp³-hybridized carbons (Fsp3) is 0.222. The first kappa shape index (κ1) is 15.2. The second-order valence-electron chi connectivity index (χ2n) is 5.54. The summed E-state index contributed by atoms with van der Waals surface area (Å²) in [5.74, 6) is 0.0969. The number of amides is 1. The molecule has 0 radical (unpaired) electrons. The molecule has 1 atom stereocenters. The van der Waals surface area contributed by atoms with Gasteiger partial charge in [0.15, 0.2) is 0 Å². The molecule has 1 amide bonds. The summed E-state index contributed by atoms with van der Waals surface area (Å²) < 4.78 is 5.78. The summed E-state index contributed by atoms with van der Waals surface area (Å²) in [5, 5.41) is 12.6. The van der Waals surface area contributed by atoms with E-state index in [0.717, 1.165) is 5.56 Å². The van der Waals surface area contributed by atoms with Gasteiger partial charge in [-0.05, 0) is 17.7 Å². The van der Waals surface area contributed by atoms with E-state index < -0.39 is 5.41 Å². The molecule has 1 aliphatic rings. The fourth-order valence-electron chi connectivity index (χ4n) is 3.02. The molecule has 23 heavy (non-hydrogen) atoms. The zero-order valence-corrected chi connectivity index (χ0v) is 12.7. The first-order valence-corrected chi connectivity index (χ1v) is 7.31. The molecule has 0 spiro atoms. The Morgan fingerprint density at radius 2 is 2.09 bits per heavy atom. The van der Waals surface area contributed by atoms with E-state index in [1.165, 1.54) is 13.1 Å². The summed E-state index contributed by atoms with van der Waals surface area (Å²) in [6.45, 7) is 0.0364. The lowest BCUT2D eigenvalue weighted by Gasteiger charge is -2.26. The topological polar surface area (TPSA) is 75.6 Å². The summed E-state index contributed by atoms with van der Waals surface area (Å²) in [4.78, 5) is 23.4. The van der Waals surface area contributed by atoms with Crippen LogP contribution < -0.4 is 10.1 Å². The van der Waals surface area contributed by atoms with Crippen molar-refractivity contribution in [1.82, 2.24) is 5.32 Å². The Balaban J connectivity index is 2.26. The largest absolute Gasteiger partial charge is 0.491 e. The Hall–Kier alpha value is -2.66. The van der Waals surface area contributed by atoms with Gasteiger partial charge in [-0.1, -0.05) is 30.3 Å². The van der Waals surface area contributed by atoms with Crippen LogP contribution in [-0.2, 0) is 5.41 Å². The Labute approximate surface area is 133 Å². The number of carbonyl (C=O) groups excluding carboxylic acids is 2. The van der Waals surface area contributed by atoms with Gasteiger partial charge in [0, 0.05) is 18.2 Å². The van der Waals surface area contributed by atoms with Crippen molar-refractivity contribution in [2.45, 2.75) is 5.41 Å². The molecule has 0 aliphatic carbocycles. The maximum absolute atomic E-state index is 12.1. The fourth-order valence-corrected chi connectivity index (χ4v) is 3.02.